The number of nitrogens with zero attached hydrogens (tertiary/aromatic N) is 4. The highest BCUT2D eigenvalue weighted by molar-refractivity contribution is 7.89. The molecule has 0 amide bonds. The molecule has 1 saturated heterocycles. The van der Waals surface area contributed by atoms with Gasteiger partial charge >= 0.3 is 0 Å². The van der Waals surface area contributed by atoms with E-state index < -0.39 is 10.0 Å². The molecule has 1 aromatic carbocycles. The van der Waals surface area contributed by atoms with Crippen LogP contribution in [0.25, 0.3) is 0 Å². The molecule has 1 aliphatic rings. The Morgan fingerprint density at radius 3 is 2.64 bits per heavy atom. The van der Waals surface area contributed by atoms with Gasteiger partial charge in [-0.3, -0.25) is 0 Å². The molecule has 22 heavy (non-hydrogen) atoms. The van der Waals surface area contributed by atoms with Crippen LogP contribution in [0.5, 0.6) is 0 Å². The number of hydrogen-bond acceptors (Lipinski definition) is 4. The van der Waals surface area contributed by atoms with E-state index >= 15 is 0 Å². The van der Waals surface area contributed by atoms with Crippen LogP contribution in [0.2, 0.25) is 0 Å². The molecule has 3 rings (SSSR count). The van der Waals surface area contributed by atoms with Crippen LogP contribution < -0.4 is 0 Å². The van der Waals surface area contributed by atoms with E-state index in [4.69, 9.17) is 0 Å². The average Bonchev–Trinajstić information content (AvgIpc) is 3.16. The van der Waals surface area contributed by atoms with Crippen molar-refractivity contribution in [1.82, 2.24) is 19.1 Å². The minimum Gasteiger partial charge on any atom is -0.314 e. The molecule has 0 spiro atoms. The van der Waals surface area contributed by atoms with Gasteiger partial charge in [0, 0.05) is 12.6 Å². The third-order valence-electron chi connectivity index (χ3n) is 4.01. The zero-order valence-electron chi connectivity index (χ0n) is 12.8. The van der Waals surface area contributed by atoms with Gasteiger partial charge in [0.2, 0.25) is 10.0 Å². The van der Waals surface area contributed by atoms with E-state index in [-0.39, 0.29) is 12.1 Å². The highest BCUT2D eigenvalue weighted by Crippen LogP contribution is 2.36. The van der Waals surface area contributed by atoms with E-state index in [1.165, 1.54) is 0 Å². The van der Waals surface area contributed by atoms with E-state index in [2.05, 4.69) is 10.2 Å². The second-order valence-electron chi connectivity index (χ2n) is 5.78. The minimum atomic E-state index is -3.50. The number of sulfonamides is 1. The Morgan fingerprint density at radius 2 is 1.95 bits per heavy atom. The first kappa shape index (κ1) is 15.2. The maximum atomic E-state index is 12.9. The molecule has 2 aromatic rings. The smallest absolute Gasteiger partial charge is 0.243 e. The Labute approximate surface area is 130 Å². The summed E-state index contributed by atoms with van der Waals surface area (Å²) in [6.45, 7) is 4.60. The summed E-state index contributed by atoms with van der Waals surface area (Å²) in [6, 6.07) is 8.54. The van der Waals surface area contributed by atoms with Crippen molar-refractivity contribution in [3.8, 4) is 0 Å². The second kappa shape index (κ2) is 5.81. The lowest BCUT2D eigenvalue weighted by molar-refractivity contribution is 0.366. The zero-order chi connectivity index (χ0) is 15.7. The van der Waals surface area contributed by atoms with Gasteiger partial charge in [0.1, 0.15) is 6.33 Å². The van der Waals surface area contributed by atoms with Crippen LogP contribution >= 0.6 is 0 Å². The SMILES string of the molecule is CC(C)n1cnnc1C1CCCN1S(=O)(=O)c1ccccc1. The monoisotopic (exact) mass is 320 g/mol. The van der Waals surface area contributed by atoms with E-state index in [1.807, 2.05) is 24.5 Å². The molecule has 1 unspecified atom stereocenters. The fourth-order valence-corrected chi connectivity index (χ4v) is 4.58. The summed E-state index contributed by atoms with van der Waals surface area (Å²) >= 11 is 0. The highest BCUT2D eigenvalue weighted by Gasteiger charge is 2.38. The topological polar surface area (TPSA) is 68.1 Å². The van der Waals surface area contributed by atoms with Gasteiger partial charge in [-0.15, -0.1) is 10.2 Å². The maximum Gasteiger partial charge on any atom is 0.243 e. The molecule has 6 nitrogen and oxygen atoms in total. The Hall–Kier alpha value is -1.73. The molecule has 7 heteroatoms. The van der Waals surface area contributed by atoms with Crippen LogP contribution in [0.15, 0.2) is 41.6 Å². The molecule has 0 N–H and O–H groups in total. The summed E-state index contributed by atoms with van der Waals surface area (Å²) in [4.78, 5) is 0.331. The Bertz CT molecular complexity index is 740. The number of hydrogen-bond donors (Lipinski definition) is 0. The van der Waals surface area contributed by atoms with E-state index in [0.717, 1.165) is 18.7 Å². The first-order chi connectivity index (χ1) is 10.5. The summed E-state index contributed by atoms with van der Waals surface area (Å²) < 4.78 is 29.3. The van der Waals surface area contributed by atoms with Crippen LogP contribution in [0, 0.1) is 0 Å². The van der Waals surface area contributed by atoms with Crippen molar-refractivity contribution in [2.24, 2.45) is 0 Å². The first-order valence-electron chi connectivity index (χ1n) is 7.48. The second-order valence-corrected chi connectivity index (χ2v) is 7.67. The lowest BCUT2D eigenvalue weighted by atomic mass is 10.2. The average molecular weight is 320 g/mol. The molecule has 1 aliphatic heterocycles. The van der Waals surface area contributed by atoms with Gasteiger partial charge in [-0.25, -0.2) is 8.42 Å². The standard InChI is InChI=1S/C15H20N4O2S/c1-12(2)18-11-16-17-15(18)14-9-6-10-19(14)22(20,21)13-7-4-3-5-8-13/h3-5,7-8,11-12,14H,6,9-10H2,1-2H3. The molecule has 0 aliphatic carbocycles. The van der Waals surface area contributed by atoms with Gasteiger partial charge in [0.05, 0.1) is 10.9 Å². The van der Waals surface area contributed by atoms with Crippen molar-refractivity contribution in [2.45, 2.75) is 43.7 Å². The Morgan fingerprint density at radius 1 is 1.23 bits per heavy atom. The van der Waals surface area contributed by atoms with Crippen LogP contribution in [0.4, 0.5) is 0 Å². The molecular formula is C15H20N4O2S. The van der Waals surface area contributed by atoms with Crippen molar-refractivity contribution in [2.75, 3.05) is 6.54 Å². The number of benzene rings is 1. The van der Waals surface area contributed by atoms with Crippen molar-refractivity contribution in [3.63, 3.8) is 0 Å². The molecule has 2 heterocycles. The summed E-state index contributed by atoms with van der Waals surface area (Å²) in [6.07, 6.45) is 3.28. The lowest BCUT2D eigenvalue weighted by Gasteiger charge is -2.24. The van der Waals surface area contributed by atoms with E-state index in [1.54, 1.807) is 34.9 Å². The van der Waals surface area contributed by atoms with Crippen molar-refractivity contribution in [1.29, 1.82) is 0 Å². The maximum absolute atomic E-state index is 12.9. The van der Waals surface area contributed by atoms with Crippen molar-refractivity contribution in [3.05, 3.63) is 42.5 Å². The molecule has 1 fully saturated rings. The zero-order valence-corrected chi connectivity index (χ0v) is 13.6. The van der Waals surface area contributed by atoms with Crippen molar-refractivity contribution < 1.29 is 8.42 Å². The number of rotatable bonds is 4. The predicted molar refractivity (Wildman–Crippen MR) is 82.7 cm³/mol. The summed E-state index contributed by atoms with van der Waals surface area (Å²) in [5.74, 6) is 0.729. The minimum absolute atomic E-state index is 0.201. The first-order valence-corrected chi connectivity index (χ1v) is 8.92. The third-order valence-corrected chi connectivity index (χ3v) is 5.93. The normalized spacial score (nSPS) is 19.9. The van der Waals surface area contributed by atoms with Crippen LogP contribution in [-0.4, -0.2) is 34.0 Å². The number of aromatic nitrogens is 3. The molecule has 0 bridgehead atoms. The van der Waals surface area contributed by atoms with Crippen LogP contribution in [-0.2, 0) is 10.0 Å². The van der Waals surface area contributed by atoms with Crippen molar-refractivity contribution >= 4 is 10.0 Å². The summed E-state index contributed by atoms with van der Waals surface area (Å²) in [5, 5.41) is 8.15. The molecule has 0 saturated carbocycles. The van der Waals surface area contributed by atoms with Crippen LogP contribution in [0.1, 0.15) is 44.6 Å². The van der Waals surface area contributed by atoms with Gasteiger partial charge in [-0.05, 0) is 38.8 Å². The molecule has 118 valence electrons. The molecule has 0 radical (unpaired) electrons. The lowest BCUT2D eigenvalue weighted by Crippen LogP contribution is -2.32. The molecule has 1 atom stereocenters. The van der Waals surface area contributed by atoms with Gasteiger partial charge in [0.15, 0.2) is 5.82 Å². The largest absolute Gasteiger partial charge is 0.314 e. The van der Waals surface area contributed by atoms with Crippen LogP contribution in [0.3, 0.4) is 0 Å². The van der Waals surface area contributed by atoms with Gasteiger partial charge < -0.3 is 4.57 Å². The third kappa shape index (κ3) is 2.55. The fourth-order valence-electron chi connectivity index (χ4n) is 2.90. The summed E-state index contributed by atoms with van der Waals surface area (Å²) in [7, 11) is -3.50. The quantitative estimate of drug-likeness (QED) is 0.867. The fraction of sp³-hybridized carbons (Fsp3) is 0.467. The summed E-state index contributed by atoms with van der Waals surface area (Å²) in [5.41, 5.74) is 0. The Kier molecular flexibility index (Phi) is 4.01. The molecular weight excluding hydrogens is 300 g/mol. The highest BCUT2D eigenvalue weighted by atomic mass is 32.2. The molecule has 1 aromatic heterocycles. The van der Waals surface area contributed by atoms with Gasteiger partial charge in [0.25, 0.3) is 0 Å². The van der Waals surface area contributed by atoms with E-state index in [9.17, 15) is 8.42 Å². The van der Waals surface area contributed by atoms with E-state index in [0.29, 0.717) is 11.4 Å². The van der Waals surface area contributed by atoms with Gasteiger partial charge in [-0.2, -0.15) is 4.31 Å². The Balaban J connectivity index is 1.99. The van der Waals surface area contributed by atoms with Gasteiger partial charge in [-0.1, -0.05) is 18.2 Å². The predicted octanol–water partition coefficient (Wildman–Crippen LogP) is 2.38.